The van der Waals surface area contributed by atoms with Gasteiger partial charge in [-0.2, -0.15) is 17.4 Å². The molecule has 0 spiro atoms. The van der Waals surface area contributed by atoms with Gasteiger partial charge in [-0.25, -0.2) is 9.78 Å². The lowest BCUT2D eigenvalue weighted by Crippen LogP contribution is -2.38. The van der Waals surface area contributed by atoms with Gasteiger partial charge in [0.1, 0.15) is 5.01 Å². The SMILES string of the molecule is CCCCN(C)S(=O)(=O)NCc1nc(C(=O)O)cs1. The largest absolute Gasteiger partial charge is 0.476 e. The highest BCUT2D eigenvalue weighted by Gasteiger charge is 2.17. The van der Waals surface area contributed by atoms with Gasteiger partial charge in [0.05, 0.1) is 6.54 Å². The van der Waals surface area contributed by atoms with Crippen LogP contribution in [0, 0.1) is 0 Å². The van der Waals surface area contributed by atoms with Crippen molar-refractivity contribution in [2.75, 3.05) is 13.6 Å². The first-order valence-corrected chi connectivity index (χ1v) is 8.07. The molecule has 0 aliphatic heterocycles. The van der Waals surface area contributed by atoms with E-state index in [1.807, 2.05) is 6.92 Å². The van der Waals surface area contributed by atoms with Crippen LogP contribution in [0.2, 0.25) is 0 Å². The molecule has 0 saturated heterocycles. The number of carboxylic acid groups (broad SMARTS) is 1. The Bertz CT molecular complexity index is 527. The summed E-state index contributed by atoms with van der Waals surface area (Å²) in [6.45, 7) is 2.43. The van der Waals surface area contributed by atoms with E-state index in [9.17, 15) is 13.2 Å². The zero-order valence-electron chi connectivity index (χ0n) is 10.8. The van der Waals surface area contributed by atoms with Crippen LogP contribution in [-0.4, -0.2) is 42.4 Å². The van der Waals surface area contributed by atoms with Crippen molar-refractivity contribution in [3.8, 4) is 0 Å². The van der Waals surface area contributed by atoms with E-state index in [-0.39, 0.29) is 12.2 Å². The highest BCUT2D eigenvalue weighted by Crippen LogP contribution is 2.10. The smallest absolute Gasteiger partial charge is 0.355 e. The van der Waals surface area contributed by atoms with Crippen molar-refractivity contribution in [2.45, 2.75) is 26.3 Å². The molecule has 0 radical (unpaired) electrons. The molecule has 19 heavy (non-hydrogen) atoms. The molecule has 108 valence electrons. The Hall–Kier alpha value is -1.03. The second-order valence-corrected chi connectivity index (χ2v) is 6.74. The second-order valence-electron chi connectivity index (χ2n) is 3.93. The quantitative estimate of drug-likeness (QED) is 0.743. The van der Waals surface area contributed by atoms with Crippen molar-refractivity contribution >= 4 is 27.5 Å². The summed E-state index contributed by atoms with van der Waals surface area (Å²) in [6, 6.07) is 0. The zero-order chi connectivity index (χ0) is 14.5. The molecular weight excluding hydrogens is 290 g/mol. The lowest BCUT2D eigenvalue weighted by molar-refractivity contribution is 0.0691. The van der Waals surface area contributed by atoms with Crippen LogP contribution in [0.3, 0.4) is 0 Å². The average Bonchev–Trinajstić information content (AvgIpc) is 2.82. The van der Waals surface area contributed by atoms with Gasteiger partial charge in [-0.15, -0.1) is 11.3 Å². The molecule has 1 heterocycles. The lowest BCUT2D eigenvalue weighted by Gasteiger charge is -2.16. The third kappa shape index (κ3) is 4.86. The summed E-state index contributed by atoms with van der Waals surface area (Å²) >= 11 is 1.11. The van der Waals surface area contributed by atoms with E-state index in [1.165, 1.54) is 16.7 Å². The normalized spacial score (nSPS) is 11.9. The maximum absolute atomic E-state index is 11.8. The minimum Gasteiger partial charge on any atom is -0.476 e. The molecule has 0 amide bonds. The molecule has 0 aromatic carbocycles. The highest BCUT2D eigenvalue weighted by molar-refractivity contribution is 7.87. The molecular formula is C10H17N3O4S2. The Morgan fingerprint density at radius 2 is 2.26 bits per heavy atom. The van der Waals surface area contributed by atoms with E-state index >= 15 is 0 Å². The molecule has 0 aliphatic rings. The molecule has 0 atom stereocenters. The summed E-state index contributed by atoms with van der Waals surface area (Å²) in [7, 11) is -2.04. The van der Waals surface area contributed by atoms with Crippen LogP contribution in [-0.2, 0) is 16.8 Å². The Balaban J connectivity index is 2.56. The predicted octanol–water partition coefficient (Wildman–Crippen LogP) is 0.908. The van der Waals surface area contributed by atoms with Crippen LogP contribution in [0.15, 0.2) is 5.38 Å². The molecule has 0 unspecified atom stereocenters. The Morgan fingerprint density at radius 3 is 2.79 bits per heavy atom. The van der Waals surface area contributed by atoms with Crippen LogP contribution in [0.1, 0.15) is 35.3 Å². The summed E-state index contributed by atoms with van der Waals surface area (Å²) in [6.07, 6.45) is 1.70. The number of carbonyl (C=O) groups is 1. The number of aromatic nitrogens is 1. The zero-order valence-corrected chi connectivity index (χ0v) is 12.4. The van der Waals surface area contributed by atoms with E-state index in [4.69, 9.17) is 5.11 Å². The van der Waals surface area contributed by atoms with Crippen molar-refractivity contribution in [3.63, 3.8) is 0 Å². The third-order valence-electron chi connectivity index (χ3n) is 2.41. The van der Waals surface area contributed by atoms with Gasteiger partial charge in [0.15, 0.2) is 5.69 Å². The van der Waals surface area contributed by atoms with E-state index in [2.05, 4.69) is 9.71 Å². The molecule has 0 aliphatic carbocycles. The number of rotatable bonds is 8. The number of hydrogen-bond donors (Lipinski definition) is 2. The topological polar surface area (TPSA) is 99.6 Å². The van der Waals surface area contributed by atoms with Gasteiger partial charge in [0, 0.05) is 19.0 Å². The number of hydrogen-bond acceptors (Lipinski definition) is 5. The highest BCUT2D eigenvalue weighted by atomic mass is 32.2. The second kappa shape index (κ2) is 6.94. The van der Waals surface area contributed by atoms with Crippen LogP contribution in [0.25, 0.3) is 0 Å². The van der Waals surface area contributed by atoms with E-state index < -0.39 is 16.2 Å². The van der Waals surface area contributed by atoms with Crippen molar-refractivity contribution in [1.29, 1.82) is 0 Å². The standard InChI is InChI=1S/C10H17N3O4S2/c1-3-4-5-13(2)19(16,17)11-6-9-12-8(7-18-9)10(14)15/h7,11H,3-6H2,1-2H3,(H,14,15). The van der Waals surface area contributed by atoms with Crippen LogP contribution in [0.5, 0.6) is 0 Å². The summed E-state index contributed by atoms with van der Waals surface area (Å²) in [5.74, 6) is -1.12. The number of nitrogens with zero attached hydrogens (tertiary/aromatic N) is 2. The molecule has 0 fully saturated rings. The van der Waals surface area contributed by atoms with Crippen molar-refractivity contribution in [3.05, 3.63) is 16.1 Å². The van der Waals surface area contributed by atoms with E-state index in [1.54, 1.807) is 0 Å². The molecule has 1 aromatic rings. The van der Waals surface area contributed by atoms with Gasteiger partial charge in [0.25, 0.3) is 10.2 Å². The number of aromatic carboxylic acids is 1. The number of carboxylic acids is 1. The summed E-state index contributed by atoms with van der Waals surface area (Å²) in [5.41, 5.74) is -0.0708. The molecule has 7 nitrogen and oxygen atoms in total. The summed E-state index contributed by atoms with van der Waals surface area (Å²) < 4.78 is 27.3. The summed E-state index contributed by atoms with van der Waals surface area (Å²) in [4.78, 5) is 14.4. The molecule has 9 heteroatoms. The number of unbranched alkanes of at least 4 members (excludes halogenated alkanes) is 1. The fourth-order valence-corrected chi connectivity index (χ4v) is 2.96. The van der Waals surface area contributed by atoms with Crippen LogP contribution < -0.4 is 4.72 Å². The van der Waals surface area contributed by atoms with Crippen molar-refractivity contribution < 1.29 is 18.3 Å². The molecule has 0 saturated carbocycles. The molecule has 2 N–H and O–H groups in total. The van der Waals surface area contributed by atoms with Gasteiger partial charge < -0.3 is 5.11 Å². The van der Waals surface area contributed by atoms with Crippen molar-refractivity contribution in [2.24, 2.45) is 0 Å². The average molecular weight is 307 g/mol. The Labute approximate surface area is 116 Å². The van der Waals surface area contributed by atoms with Crippen LogP contribution in [0.4, 0.5) is 0 Å². The first-order valence-electron chi connectivity index (χ1n) is 5.75. The Morgan fingerprint density at radius 1 is 1.58 bits per heavy atom. The van der Waals surface area contributed by atoms with Gasteiger partial charge in [-0.1, -0.05) is 13.3 Å². The van der Waals surface area contributed by atoms with Crippen molar-refractivity contribution in [1.82, 2.24) is 14.0 Å². The molecule has 1 rings (SSSR count). The van der Waals surface area contributed by atoms with Gasteiger partial charge in [-0.3, -0.25) is 0 Å². The van der Waals surface area contributed by atoms with Crippen LogP contribution >= 0.6 is 11.3 Å². The van der Waals surface area contributed by atoms with E-state index in [0.717, 1.165) is 24.2 Å². The maximum Gasteiger partial charge on any atom is 0.355 e. The Kier molecular flexibility index (Phi) is 5.85. The first-order chi connectivity index (χ1) is 8.86. The monoisotopic (exact) mass is 307 g/mol. The van der Waals surface area contributed by atoms with E-state index in [0.29, 0.717) is 11.6 Å². The maximum atomic E-state index is 11.8. The van der Waals surface area contributed by atoms with Gasteiger partial charge in [-0.05, 0) is 6.42 Å². The molecule has 0 bridgehead atoms. The minimum atomic E-state index is -3.54. The predicted molar refractivity (Wildman–Crippen MR) is 72.4 cm³/mol. The summed E-state index contributed by atoms with van der Waals surface area (Å²) in [5, 5.41) is 10.5. The molecule has 1 aromatic heterocycles. The number of thiazole rings is 1. The minimum absolute atomic E-state index is 0.00323. The first kappa shape index (κ1) is 16.0. The fraction of sp³-hybridized carbons (Fsp3) is 0.600. The van der Waals surface area contributed by atoms with Gasteiger partial charge in [0.2, 0.25) is 0 Å². The number of nitrogens with one attached hydrogen (secondary N) is 1. The third-order valence-corrected chi connectivity index (χ3v) is 4.77. The lowest BCUT2D eigenvalue weighted by atomic mass is 10.3. The van der Waals surface area contributed by atoms with Gasteiger partial charge >= 0.3 is 5.97 Å². The fourth-order valence-electron chi connectivity index (χ4n) is 1.25.